The fourth-order valence-electron chi connectivity index (χ4n) is 4.36. The minimum absolute atomic E-state index is 0.0417. The molecule has 2 aromatic carbocycles. The minimum Gasteiger partial charge on any atom is -0.496 e. The normalized spacial score (nSPS) is 22.6. The van der Waals surface area contributed by atoms with E-state index in [1.807, 2.05) is 30.3 Å². The molecule has 0 bridgehead atoms. The van der Waals surface area contributed by atoms with Crippen molar-refractivity contribution in [1.29, 1.82) is 0 Å². The number of hydrogen-bond acceptors (Lipinski definition) is 4. The van der Waals surface area contributed by atoms with Crippen molar-refractivity contribution < 1.29 is 23.8 Å². The van der Waals surface area contributed by atoms with Gasteiger partial charge in [0.15, 0.2) is 0 Å². The van der Waals surface area contributed by atoms with Crippen LogP contribution in [-0.4, -0.2) is 23.5 Å². The lowest BCUT2D eigenvalue weighted by atomic mass is 9.65. The molecule has 0 fully saturated rings. The first-order chi connectivity index (χ1) is 12.7. The van der Waals surface area contributed by atoms with Gasteiger partial charge in [0.1, 0.15) is 11.5 Å². The van der Waals surface area contributed by atoms with Crippen LogP contribution in [0, 0.1) is 5.92 Å². The Bertz CT molecular complexity index is 922. The lowest BCUT2D eigenvalue weighted by Crippen LogP contribution is -2.46. The summed E-state index contributed by atoms with van der Waals surface area (Å²) >= 11 is 0. The Morgan fingerprint density at radius 1 is 1.30 bits per heavy atom. The first kappa shape index (κ1) is 18.4. The topological polar surface area (TPSA) is 88.0 Å². The molecule has 3 N–H and O–H groups in total. The van der Waals surface area contributed by atoms with Crippen LogP contribution in [0.15, 0.2) is 36.4 Å². The molecule has 7 heteroatoms. The maximum Gasteiger partial charge on any atom is 0.329 e. The summed E-state index contributed by atoms with van der Waals surface area (Å²) in [7, 11) is -2.45. The average molecular weight is 389 g/mol. The minimum atomic E-state index is -4.11. The van der Waals surface area contributed by atoms with Gasteiger partial charge < -0.3 is 24.6 Å². The number of nitrogens with one attached hydrogen (secondary N) is 1. The summed E-state index contributed by atoms with van der Waals surface area (Å²) < 4.78 is 23.0. The molecule has 4 rings (SSSR count). The largest absolute Gasteiger partial charge is 0.496 e. The van der Waals surface area contributed by atoms with Crippen molar-refractivity contribution in [1.82, 2.24) is 0 Å². The fourth-order valence-corrected chi connectivity index (χ4v) is 5.04. The van der Waals surface area contributed by atoms with Crippen molar-refractivity contribution in [2.24, 2.45) is 5.92 Å². The van der Waals surface area contributed by atoms with Crippen molar-refractivity contribution >= 4 is 13.3 Å². The van der Waals surface area contributed by atoms with E-state index in [9.17, 15) is 14.4 Å². The molecular formula is C20H24NO5P. The molecule has 0 saturated heterocycles. The first-order valence-corrected chi connectivity index (χ1v) is 10.7. The Balaban J connectivity index is 1.80. The zero-order valence-electron chi connectivity index (χ0n) is 15.6. The Morgan fingerprint density at radius 3 is 2.78 bits per heavy atom. The van der Waals surface area contributed by atoms with Gasteiger partial charge in [0.05, 0.1) is 31.5 Å². The molecule has 2 unspecified atom stereocenters. The zero-order chi connectivity index (χ0) is 19.4. The molecule has 0 spiro atoms. The van der Waals surface area contributed by atoms with Crippen LogP contribution in [0.1, 0.15) is 36.6 Å². The molecule has 0 aliphatic carbocycles. The smallest absolute Gasteiger partial charge is 0.329 e. The average Bonchev–Trinajstić information content (AvgIpc) is 2.60. The zero-order valence-corrected chi connectivity index (χ0v) is 16.5. The quantitative estimate of drug-likeness (QED) is 0.692. The lowest BCUT2D eigenvalue weighted by molar-refractivity contribution is 0.133. The third-order valence-electron chi connectivity index (χ3n) is 5.78. The van der Waals surface area contributed by atoms with Gasteiger partial charge in [0.2, 0.25) is 0 Å². The Kier molecular flexibility index (Phi) is 4.26. The van der Waals surface area contributed by atoms with E-state index in [1.165, 1.54) is 0 Å². The van der Waals surface area contributed by atoms with E-state index in [0.29, 0.717) is 12.2 Å². The maximum absolute atomic E-state index is 11.4. The van der Waals surface area contributed by atoms with Gasteiger partial charge in [-0.15, -0.1) is 0 Å². The second-order valence-corrected chi connectivity index (χ2v) is 9.48. The molecular weight excluding hydrogens is 365 g/mol. The summed E-state index contributed by atoms with van der Waals surface area (Å²) in [6.45, 7) is 4.89. The van der Waals surface area contributed by atoms with Gasteiger partial charge in [-0.1, -0.05) is 32.0 Å². The predicted molar refractivity (Wildman–Crippen MR) is 104 cm³/mol. The fraction of sp³-hybridized carbons (Fsp3) is 0.400. The van der Waals surface area contributed by atoms with Crippen LogP contribution in [-0.2, 0) is 16.1 Å². The first-order valence-electron chi connectivity index (χ1n) is 8.95. The van der Waals surface area contributed by atoms with Crippen LogP contribution in [0.4, 0.5) is 5.69 Å². The number of benzene rings is 2. The lowest BCUT2D eigenvalue weighted by Gasteiger charge is -2.48. The third-order valence-corrected chi connectivity index (χ3v) is 6.56. The van der Waals surface area contributed by atoms with E-state index < -0.39 is 7.60 Å². The van der Waals surface area contributed by atoms with Gasteiger partial charge in [-0.2, -0.15) is 0 Å². The van der Waals surface area contributed by atoms with Gasteiger partial charge in [0, 0.05) is 17.0 Å². The maximum atomic E-state index is 11.4. The SMILES string of the molecule is COc1cccc2c1C1Nc3ccc(CP(=O)(O)O)cc3C(C)(C)C1CO2. The van der Waals surface area contributed by atoms with Crippen LogP contribution in [0.3, 0.4) is 0 Å². The van der Waals surface area contributed by atoms with Gasteiger partial charge in [0.25, 0.3) is 0 Å². The predicted octanol–water partition coefficient (Wildman–Crippen LogP) is 3.83. The van der Waals surface area contributed by atoms with E-state index >= 15 is 0 Å². The van der Waals surface area contributed by atoms with Crippen LogP contribution in [0.5, 0.6) is 11.5 Å². The summed E-state index contributed by atoms with van der Waals surface area (Å²) in [5.41, 5.74) is 3.46. The summed E-state index contributed by atoms with van der Waals surface area (Å²) in [4.78, 5) is 18.6. The molecule has 0 radical (unpaired) electrons. The summed E-state index contributed by atoms with van der Waals surface area (Å²) in [5, 5.41) is 3.62. The molecule has 0 amide bonds. The van der Waals surface area contributed by atoms with Crippen molar-refractivity contribution in [3.8, 4) is 11.5 Å². The highest BCUT2D eigenvalue weighted by molar-refractivity contribution is 7.50. The number of fused-ring (bicyclic) bond motifs is 4. The van der Waals surface area contributed by atoms with Crippen LogP contribution in [0.2, 0.25) is 0 Å². The number of methoxy groups -OCH3 is 1. The van der Waals surface area contributed by atoms with Gasteiger partial charge in [-0.25, -0.2) is 0 Å². The van der Waals surface area contributed by atoms with Gasteiger partial charge in [-0.3, -0.25) is 4.57 Å². The highest BCUT2D eigenvalue weighted by Gasteiger charge is 2.47. The second kappa shape index (κ2) is 6.26. The Labute approximate surface area is 158 Å². The van der Waals surface area contributed by atoms with Crippen LogP contribution >= 0.6 is 7.60 Å². The highest BCUT2D eigenvalue weighted by atomic mass is 31.2. The Morgan fingerprint density at radius 2 is 2.07 bits per heavy atom. The van der Waals surface area contributed by atoms with Crippen molar-refractivity contribution in [2.45, 2.75) is 31.5 Å². The molecule has 2 aliphatic rings. The van der Waals surface area contributed by atoms with Crippen LogP contribution < -0.4 is 14.8 Å². The molecule has 6 nitrogen and oxygen atoms in total. The van der Waals surface area contributed by atoms with Gasteiger partial charge in [-0.05, 0) is 29.3 Å². The number of ether oxygens (including phenoxy) is 2. The van der Waals surface area contributed by atoms with Crippen molar-refractivity contribution in [3.63, 3.8) is 0 Å². The van der Waals surface area contributed by atoms with E-state index in [0.717, 1.165) is 28.3 Å². The van der Waals surface area contributed by atoms with E-state index in [1.54, 1.807) is 13.2 Å². The van der Waals surface area contributed by atoms with Crippen LogP contribution in [0.25, 0.3) is 0 Å². The monoisotopic (exact) mass is 389 g/mol. The standard InChI is InChI=1S/C20H24NO5P/c1-20(2)13-9-12(11-27(22,23)24)7-8-15(13)21-19-14(20)10-26-17-6-4-5-16(25-3)18(17)19/h4-9,14,19,21H,10-11H2,1-3H3,(H2,22,23,24). The third kappa shape index (κ3) is 3.12. The van der Waals surface area contributed by atoms with Gasteiger partial charge >= 0.3 is 7.60 Å². The summed E-state index contributed by atoms with van der Waals surface area (Å²) in [6, 6.07) is 11.5. The Hall–Kier alpha value is -2.01. The molecule has 0 aromatic heterocycles. The summed E-state index contributed by atoms with van der Waals surface area (Å²) in [5.74, 6) is 1.78. The molecule has 2 aromatic rings. The molecule has 2 heterocycles. The van der Waals surface area contributed by atoms with Crippen molar-refractivity contribution in [3.05, 3.63) is 53.1 Å². The number of rotatable bonds is 3. The highest BCUT2D eigenvalue weighted by Crippen LogP contribution is 2.54. The van der Waals surface area contributed by atoms with E-state index in [-0.39, 0.29) is 23.5 Å². The summed E-state index contributed by atoms with van der Waals surface area (Å²) in [6.07, 6.45) is -0.252. The van der Waals surface area contributed by atoms with E-state index in [2.05, 4.69) is 19.2 Å². The second-order valence-electron chi connectivity index (χ2n) is 7.84. The molecule has 144 valence electrons. The molecule has 27 heavy (non-hydrogen) atoms. The molecule has 2 aliphatic heterocycles. The number of hydrogen-bond donors (Lipinski definition) is 3. The molecule has 0 saturated carbocycles. The van der Waals surface area contributed by atoms with E-state index in [4.69, 9.17) is 9.47 Å². The van der Waals surface area contributed by atoms with Crippen molar-refractivity contribution in [2.75, 3.05) is 19.0 Å². The number of anilines is 1. The molecule has 2 atom stereocenters.